The predicted molar refractivity (Wildman–Crippen MR) is 105 cm³/mol. The second kappa shape index (κ2) is 7.01. The summed E-state index contributed by atoms with van der Waals surface area (Å²) >= 11 is 0. The molecule has 2 N–H and O–H groups in total. The summed E-state index contributed by atoms with van der Waals surface area (Å²) in [5.74, 6) is -3.73. The maximum atomic E-state index is 15.6. The largest absolute Gasteiger partial charge is 0.477 e. The highest BCUT2D eigenvalue weighted by atomic mass is 19.1. The first-order valence-electron chi connectivity index (χ1n) is 10.3. The minimum Gasteiger partial charge on any atom is -0.477 e. The molecule has 0 bridgehead atoms. The molecule has 6 nitrogen and oxygen atoms in total. The van der Waals surface area contributed by atoms with Crippen LogP contribution in [0.4, 0.5) is 18.9 Å². The molecule has 0 unspecified atom stereocenters. The van der Waals surface area contributed by atoms with E-state index in [1.807, 2.05) is 0 Å². The van der Waals surface area contributed by atoms with Crippen LogP contribution in [0.25, 0.3) is 10.9 Å². The number of carbonyl (C=O) groups is 1. The smallest absolute Gasteiger partial charge is 0.341 e. The van der Waals surface area contributed by atoms with Gasteiger partial charge in [0, 0.05) is 43.8 Å². The van der Waals surface area contributed by atoms with Crippen molar-refractivity contribution in [2.45, 2.75) is 43.9 Å². The molecule has 0 spiro atoms. The number of pyridine rings is 1. The van der Waals surface area contributed by atoms with Gasteiger partial charge in [0.15, 0.2) is 5.82 Å². The van der Waals surface area contributed by atoms with Gasteiger partial charge in [-0.05, 0) is 31.7 Å². The minimum absolute atomic E-state index is 0.112. The molecule has 2 heterocycles. The molecule has 0 amide bonds. The SMILES string of the molecule is O=C(O)c1cn(C2CC2)c2c(F)c(N3C[C@H](CNC4CC4)[C@H](F)C3)c(F)cc2c1=O. The Balaban J connectivity index is 1.58. The van der Waals surface area contributed by atoms with Crippen LogP contribution >= 0.6 is 0 Å². The van der Waals surface area contributed by atoms with Crippen LogP contribution in [0.1, 0.15) is 42.1 Å². The van der Waals surface area contributed by atoms with E-state index < -0.39 is 34.8 Å². The first-order chi connectivity index (χ1) is 14.3. The number of aromatic nitrogens is 1. The third-order valence-corrected chi connectivity index (χ3v) is 6.28. The van der Waals surface area contributed by atoms with Crippen molar-refractivity contribution in [2.75, 3.05) is 24.5 Å². The number of benzene rings is 1. The molecule has 2 aromatic rings. The summed E-state index contributed by atoms with van der Waals surface area (Å²) in [7, 11) is 0. The molecule has 0 radical (unpaired) electrons. The van der Waals surface area contributed by atoms with Crippen LogP contribution < -0.4 is 15.6 Å². The first kappa shape index (κ1) is 19.4. The van der Waals surface area contributed by atoms with Gasteiger partial charge in [-0.3, -0.25) is 4.79 Å². The van der Waals surface area contributed by atoms with E-state index >= 15 is 4.39 Å². The third-order valence-electron chi connectivity index (χ3n) is 6.28. The topological polar surface area (TPSA) is 74.6 Å². The summed E-state index contributed by atoms with van der Waals surface area (Å²) in [5.41, 5.74) is -1.90. The fraction of sp³-hybridized carbons (Fsp3) is 0.524. The second-order valence-electron chi connectivity index (χ2n) is 8.60. The van der Waals surface area contributed by atoms with Gasteiger partial charge in [0.25, 0.3) is 0 Å². The zero-order valence-electron chi connectivity index (χ0n) is 16.2. The van der Waals surface area contributed by atoms with Crippen LogP contribution in [0.2, 0.25) is 0 Å². The molecule has 3 aliphatic rings. The van der Waals surface area contributed by atoms with Crippen molar-refractivity contribution in [1.82, 2.24) is 9.88 Å². The number of nitrogens with zero attached hydrogens (tertiary/aromatic N) is 2. The third kappa shape index (κ3) is 3.25. The number of carboxylic acids is 1. The molecule has 160 valence electrons. The number of alkyl halides is 1. The summed E-state index contributed by atoms with van der Waals surface area (Å²) in [6.07, 6.45) is 3.49. The number of anilines is 1. The average molecular weight is 421 g/mol. The fourth-order valence-electron chi connectivity index (χ4n) is 4.33. The van der Waals surface area contributed by atoms with E-state index in [4.69, 9.17) is 0 Å². The number of aromatic carboxylic acids is 1. The zero-order chi connectivity index (χ0) is 21.2. The van der Waals surface area contributed by atoms with Gasteiger partial charge in [-0.15, -0.1) is 0 Å². The van der Waals surface area contributed by atoms with Gasteiger partial charge in [-0.1, -0.05) is 0 Å². The standard InChI is InChI=1S/C21H22F3N3O3/c22-15-5-13-18(27(12-3-4-12)8-14(20(13)28)21(29)30)17(24)19(15)26-7-10(16(23)9-26)6-25-11-1-2-11/h5,8,10-12,16,25H,1-4,6-7,9H2,(H,29,30)/t10-,16+/m0/s1. The van der Waals surface area contributed by atoms with Crippen LogP contribution in [0.5, 0.6) is 0 Å². The van der Waals surface area contributed by atoms with Crippen LogP contribution in [0, 0.1) is 17.6 Å². The molecule has 2 aliphatic carbocycles. The Morgan fingerprint density at radius 3 is 2.57 bits per heavy atom. The molecule has 1 aromatic heterocycles. The van der Waals surface area contributed by atoms with Crippen molar-refractivity contribution in [1.29, 1.82) is 0 Å². The van der Waals surface area contributed by atoms with Gasteiger partial charge in [0.1, 0.15) is 23.2 Å². The van der Waals surface area contributed by atoms with Crippen LogP contribution in [-0.4, -0.2) is 47.5 Å². The van der Waals surface area contributed by atoms with Crippen molar-refractivity contribution in [3.8, 4) is 0 Å². The highest BCUT2D eigenvalue weighted by molar-refractivity contribution is 5.94. The normalized spacial score (nSPS) is 24.0. The van der Waals surface area contributed by atoms with E-state index in [9.17, 15) is 23.5 Å². The lowest BCUT2D eigenvalue weighted by atomic mass is 10.1. The number of fused-ring (bicyclic) bond motifs is 1. The van der Waals surface area contributed by atoms with Gasteiger partial charge < -0.3 is 19.9 Å². The Morgan fingerprint density at radius 1 is 1.20 bits per heavy atom. The molecule has 1 aliphatic heterocycles. The van der Waals surface area contributed by atoms with Crippen molar-refractivity contribution < 1.29 is 23.1 Å². The highest BCUT2D eigenvalue weighted by Crippen LogP contribution is 2.40. The van der Waals surface area contributed by atoms with E-state index in [1.165, 1.54) is 9.47 Å². The van der Waals surface area contributed by atoms with Gasteiger partial charge >= 0.3 is 5.97 Å². The molecular formula is C21H22F3N3O3. The van der Waals surface area contributed by atoms with E-state index in [1.54, 1.807) is 0 Å². The maximum absolute atomic E-state index is 15.6. The highest BCUT2D eigenvalue weighted by Gasteiger charge is 2.38. The molecule has 2 atom stereocenters. The van der Waals surface area contributed by atoms with Crippen molar-refractivity contribution in [2.24, 2.45) is 5.92 Å². The lowest BCUT2D eigenvalue weighted by Gasteiger charge is -2.22. The number of halogens is 3. The van der Waals surface area contributed by atoms with Crippen molar-refractivity contribution >= 4 is 22.6 Å². The Bertz CT molecular complexity index is 1090. The maximum Gasteiger partial charge on any atom is 0.341 e. The monoisotopic (exact) mass is 421 g/mol. The van der Waals surface area contributed by atoms with Gasteiger partial charge in [0.05, 0.1) is 10.9 Å². The van der Waals surface area contributed by atoms with Crippen molar-refractivity contribution in [3.05, 3.63) is 39.7 Å². The number of hydrogen-bond donors (Lipinski definition) is 2. The molecule has 1 saturated heterocycles. The molecule has 5 rings (SSSR count). The van der Waals surface area contributed by atoms with Crippen LogP contribution in [0.15, 0.2) is 17.1 Å². The quantitative estimate of drug-likeness (QED) is 0.751. The van der Waals surface area contributed by atoms with Gasteiger partial charge in [-0.25, -0.2) is 18.0 Å². The number of nitrogens with one attached hydrogen (secondary N) is 1. The summed E-state index contributed by atoms with van der Waals surface area (Å²) in [5, 5.41) is 12.3. The fourth-order valence-corrected chi connectivity index (χ4v) is 4.33. The Labute approximate surface area is 170 Å². The Kier molecular flexibility index (Phi) is 4.53. The summed E-state index contributed by atoms with van der Waals surface area (Å²) < 4.78 is 46.5. The average Bonchev–Trinajstić information content (AvgIpc) is 3.60. The van der Waals surface area contributed by atoms with Crippen molar-refractivity contribution in [3.63, 3.8) is 0 Å². The zero-order valence-corrected chi connectivity index (χ0v) is 16.2. The van der Waals surface area contributed by atoms with E-state index in [0.717, 1.165) is 25.1 Å². The van der Waals surface area contributed by atoms with Gasteiger partial charge in [-0.2, -0.15) is 0 Å². The number of carboxylic acid groups (broad SMARTS) is 1. The molecule has 2 saturated carbocycles. The number of rotatable bonds is 6. The second-order valence-corrected chi connectivity index (χ2v) is 8.60. The van der Waals surface area contributed by atoms with E-state index in [0.29, 0.717) is 25.4 Å². The minimum atomic E-state index is -1.44. The molecule has 9 heteroatoms. The first-order valence-corrected chi connectivity index (χ1v) is 10.3. The lowest BCUT2D eigenvalue weighted by Crippen LogP contribution is -2.30. The van der Waals surface area contributed by atoms with Crippen LogP contribution in [0.3, 0.4) is 0 Å². The number of hydrogen-bond acceptors (Lipinski definition) is 4. The summed E-state index contributed by atoms with van der Waals surface area (Å²) in [4.78, 5) is 25.3. The molecular weight excluding hydrogens is 399 g/mol. The molecule has 3 fully saturated rings. The van der Waals surface area contributed by atoms with E-state index in [-0.39, 0.29) is 41.6 Å². The Hall–Kier alpha value is -2.55. The Morgan fingerprint density at radius 2 is 1.93 bits per heavy atom. The lowest BCUT2D eigenvalue weighted by molar-refractivity contribution is 0.0694. The molecule has 30 heavy (non-hydrogen) atoms. The van der Waals surface area contributed by atoms with E-state index in [2.05, 4.69) is 5.32 Å². The summed E-state index contributed by atoms with van der Waals surface area (Å²) in [6, 6.07) is 1.17. The predicted octanol–water partition coefficient (Wildman–Crippen LogP) is 2.84. The summed E-state index contributed by atoms with van der Waals surface area (Å²) in [6.45, 7) is 0.492. The van der Waals surface area contributed by atoms with Gasteiger partial charge in [0.2, 0.25) is 5.43 Å². The molecule has 1 aromatic carbocycles. The van der Waals surface area contributed by atoms with Crippen LogP contribution in [-0.2, 0) is 0 Å².